The smallest absolute Gasteiger partial charge is 0.244 e. The van der Waals surface area contributed by atoms with E-state index < -0.39 is 34.3 Å². The van der Waals surface area contributed by atoms with Gasteiger partial charge in [0.25, 0.3) is 0 Å². The largest absolute Gasteiger partial charge is 0.354 e. The molecule has 2 aromatic carbocycles. The van der Waals surface area contributed by atoms with Crippen molar-refractivity contribution in [2.45, 2.75) is 32.7 Å². The highest BCUT2D eigenvalue weighted by molar-refractivity contribution is 7.92. The summed E-state index contributed by atoms with van der Waals surface area (Å²) in [5, 5.41) is 2.77. The first-order valence-electron chi connectivity index (χ1n) is 10.5. The van der Waals surface area contributed by atoms with Crippen molar-refractivity contribution >= 4 is 27.5 Å². The molecule has 0 aliphatic carbocycles. The summed E-state index contributed by atoms with van der Waals surface area (Å²) < 4.78 is 39.3. The number of halogens is 1. The van der Waals surface area contributed by atoms with Gasteiger partial charge in [0.05, 0.1) is 11.9 Å². The molecule has 174 valence electrons. The zero-order valence-corrected chi connectivity index (χ0v) is 19.4. The zero-order valence-electron chi connectivity index (χ0n) is 18.6. The number of benzene rings is 2. The molecular formula is C23H30FN3O4S. The molecule has 32 heavy (non-hydrogen) atoms. The predicted octanol–water partition coefficient (Wildman–Crippen LogP) is 2.58. The Balaban J connectivity index is 2.28. The summed E-state index contributed by atoms with van der Waals surface area (Å²) in [5.74, 6) is -1.48. The maximum Gasteiger partial charge on any atom is 0.244 e. The fourth-order valence-electron chi connectivity index (χ4n) is 3.21. The number of carbonyl (C=O) groups excluding carboxylic acids is 2. The minimum absolute atomic E-state index is 0.0481. The molecule has 0 spiro atoms. The molecule has 2 aromatic rings. The number of carbonyl (C=O) groups is 2. The minimum atomic E-state index is -3.87. The second kappa shape index (κ2) is 11.6. The second-order valence-corrected chi connectivity index (χ2v) is 9.45. The van der Waals surface area contributed by atoms with Crippen molar-refractivity contribution in [3.05, 3.63) is 66.0 Å². The Morgan fingerprint density at radius 3 is 2.38 bits per heavy atom. The highest BCUT2D eigenvalue weighted by Crippen LogP contribution is 2.19. The van der Waals surface area contributed by atoms with Crippen LogP contribution in [-0.4, -0.2) is 57.1 Å². The molecule has 0 fully saturated rings. The number of nitrogens with zero attached hydrogens (tertiary/aromatic N) is 2. The maximum atomic E-state index is 13.7. The molecule has 7 nitrogen and oxygen atoms in total. The molecule has 1 N–H and O–H groups in total. The molecule has 0 aromatic heterocycles. The number of anilines is 1. The van der Waals surface area contributed by atoms with E-state index in [0.29, 0.717) is 13.0 Å². The van der Waals surface area contributed by atoms with E-state index in [1.54, 1.807) is 6.92 Å². The Hall–Kier alpha value is -2.94. The summed E-state index contributed by atoms with van der Waals surface area (Å²) in [5.41, 5.74) is 1.03. The molecule has 0 unspecified atom stereocenters. The Bertz CT molecular complexity index is 1010. The van der Waals surface area contributed by atoms with E-state index in [1.165, 1.54) is 23.1 Å². The molecular weight excluding hydrogens is 433 g/mol. The van der Waals surface area contributed by atoms with Gasteiger partial charge in [0.2, 0.25) is 21.8 Å². The molecule has 9 heteroatoms. The highest BCUT2D eigenvalue weighted by atomic mass is 32.2. The van der Waals surface area contributed by atoms with Gasteiger partial charge in [-0.1, -0.05) is 43.3 Å². The summed E-state index contributed by atoms with van der Waals surface area (Å²) in [7, 11) is -3.87. The predicted molar refractivity (Wildman–Crippen MR) is 123 cm³/mol. The van der Waals surface area contributed by atoms with Crippen molar-refractivity contribution in [2.75, 3.05) is 30.2 Å². The molecule has 1 atom stereocenters. The summed E-state index contributed by atoms with van der Waals surface area (Å²) in [6, 6.07) is 13.7. The van der Waals surface area contributed by atoms with Crippen LogP contribution >= 0.6 is 0 Å². The SMILES string of the molecule is CCCNC(=O)[C@H](C)N(CCc1ccccc1)C(=O)CN(c1cccc(F)c1)S(C)(=O)=O. The maximum absolute atomic E-state index is 13.7. The van der Waals surface area contributed by atoms with E-state index in [-0.39, 0.29) is 18.1 Å². The van der Waals surface area contributed by atoms with Crippen molar-refractivity contribution < 1.29 is 22.4 Å². The highest BCUT2D eigenvalue weighted by Gasteiger charge is 2.29. The van der Waals surface area contributed by atoms with E-state index in [9.17, 15) is 22.4 Å². The van der Waals surface area contributed by atoms with Gasteiger partial charge in [-0.25, -0.2) is 12.8 Å². The first kappa shape index (κ1) is 25.3. The lowest BCUT2D eigenvalue weighted by Crippen LogP contribution is -2.52. The molecule has 2 amide bonds. The van der Waals surface area contributed by atoms with Crippen LogP contribution in [0.3, 0.4) is 0 Å². The van der Waals surface area contributed by atoms with Crippen LogP contribution in [-0.2, 0) is 26.0 Å². The molecule has 0 radical (unpaired) electrons. The van der Waals surface area contributed by atoms with E-state index in [0.717, 1.165) is 28.6 Å². The third kappa shape index (κ3) is 7.33. The van der Waals surface area contributed by atoms with Crippen LogP contribution < -0.4 is 9.62 Å². The van der Waals surface area contributed by atoms with Crippen LogP contribution in [0.4, 0.5) is 10.1 Å². The number of hydrogen-bond acceptors (Lipinski definition) is 4. The lowest BCUT2D eigenvalue weighted by molar-refractivity contribution is -0.138. The third-order valence-electron chi connectivity index (χ3n) is 4.98. The van der Waals surface area contributed by atoms with Crippen LogP contribution in [0.2, 0.25) is 0 Å². The van der Waals surface area contributed by atoms with E-state index in [1.807, 2.05) is 37.3 Å². The number of rotatable bonds is 11. The topological polar surface area (TPSA) is 86.8 Å². The van der Waals surface area contributed by atoms with Gasteiger partial charge in [0.15, 0.2) is 0 Å². The van der Waals surface area contributed by atoms with Crippen LogP contribution in [0.25, 0.3) is 0 Å². The molecule has 0 saturated heterocycles. The monoisotopic (exact) mass is 463 g/mol. The van der Waals surface area contributed by atoms with E-state index in [4.69, 9.17) is 0 Å². The third-order valence-corrected chi connectivity index (χ3v) is 6.12. The molecule has 0 heterocycles. The fraction of sp³-hybridized carbons (Fsp3) is 0.391. The van der Waals surface area contributed by atoms with E-state index in [2.05, 4.69) is 5.32 Å². The van der Waals surface area contributed by atoms with Gasteiger partial charge in [-0.2, -0.15) is 0 Å². The first-order valence-corrected chi connectivity index (χ1v) is 12.3. The Kier molecular flexibility index (Phi) is 9.19. The van der Waals surface area contributed by atoms with Gasteiger partial charge < -0.3 is 10.2 Å². The summed E-state index contributed by atoms with van der Waals surface area (Å²) in [6.45, 7) is 3.70. The normalized spacial score (nSPS) is 12.1. The minimum Gasteiger partial charge on any atom is -0.354 e. The standard InChI is InChI=1S/C23H30FN3O4S/c1-4-14-25-23(29)18(2)26(15-13-19-9-6-5-7-10-19)22(28)17-27(32(3,30)31)21-12-8-11-20(24)16-21/h5-12,16,18H,4,13-15,17H2,1-3H3,(H,25,29)/t18-/m0/s1. The molecule has 0 bridgehead atoms. The number of amides is 2. The summed E-state index contributed by atoms with van der Waals surface area (Å²) in [4.78, 5) is 27.2. The average molecular weight is 464 g/mol. The second-order valence-electron chi connectivity index (χ2n) is 7.54. The van der Waals surface area contributed by atoms with Crippen molar-refractivity contribution in [1.29, 1.82) is 0 Å². The summed E-state index contributed by atoms with van der Waals surface area (Å²) >= 11 is 0. The van der Waals surface area contributed by atoms with Gasteiger partial charge in [0, 0.05) is 13.1 Å². The van der Waals surface area contributed by atoms with Crippen LogP contribution in [0.1, 0.15) is 25.8 Å². The van der Waals surface area contributed by atoms with Gasteiger partial charge in [-0.15, -0.1) is 0 Å². The molecule has 0 aliphatic rings. The number of nitrogens with one attached hydrogen (secondary N) is 1. The van der Waals surface area contributed by atoms with Crippen molar-refractivity contribution in [3.8, 4) is 0 Å². The lowest BCUT2D eigenvalue weighted by Gasteiger charge is -2.31. The van der Waals surface area contributed by atoms with Crippen molar-refractivity contribution in [1.82, 2.24) is 10.2 Å². The zero-order chi connectivity index (χ0) is 23.7. The number of hydrogen-bond donors (Lipinski definition) is 1. The Morgan fingerprint density at radius 2 is 1.78 bits per heavy atom. The van der Waals surface area contributed by atoms with Gasteiger partial charge >= 0.3 is 0 Å². The Morgan fingerprint density at radius 1 is 1.09 bits per heavy atom. The van der Waals surface area contributed by atoms with Gasteiger partial charge in [-0.05, 0) is 43.5 Å². The number of sulfonamides is 1. The quantitative estimate of drug-likeness (QED) is 0.555. The van der Waals surface area contributed by atoms with Crippen LogP contribution in [0, 0.1) is 5.82 Å². The first-order chi connectivity index (χ1) is 15.1. The van der Waals surface area contributed by atoms with Crippen LogP contribution in [0.15, 0.2) is 54.6 Å². The average Bonchev–Trinajstić information content (AvgIpc) is 2.75. The van der Waals surface area contributed by atoms with Crippen LogP contribution in [0.5, 0.6) is 0 Å². The van der Waals surface area contributed by atoms with E-state index >= 15 is 0 Å². The lowest BCUT2D eigenvalue weighted by atomic mass is 10.1. The Labute approximate surface area is 189 Å². The summed E-state index contributed by atoms with van der Waals surface area (Å²) in [6.07, 6.45) is 2.20. The van der Waals surface area contributed by atoms with Crippen molar-refractivity contribution in [3.63, 3.8) is 0 Å². The fourth-order valence-corrected chi connectivity index (χ4v) is 4.05. The van der Waals surface area contributed by atoms with Crippen molar-refractivity contribution in [2.24, 2.45) is 0 Å². The van der Waals surface area contributed by atoms with Gasteiger partial charge in [0.1, 0.15) is 18.4 Å². The molecule has 2 rings (SSSR count). The molecule has 0 aliphatic heterocycles. The molecule has 0 saturated carbocycles. The van der Waals surface area contributed by atoms with Gasteiger partial charge in [-0.3, -0.25) is 13.9 Å².